The molecule has 0 bridgehead atoms. The van der Waals surface area contributed by atoms with Crippen molar-refractivity contribution in [3.63, 3.8) is 0 Å². The van der Waals surface area contributed by atoms with Crippen LogP contribution in [0.4, 0.5) is 0 Å². The molecule has 2 aliphatic heterocycles. The van der Waals surface area contributed by atoms with Gasteiger partial charge in [-0.15, -0.1) is 13.2 Å². The van der Waals surface area contributed by atoms with Gasteiger partial charge in [0, 0.05) is 22.4 Å². The van der Waals surface area contributed by atoms with Crippen molar-refractivity contribution in [1.82, 2.24) is 25.2 Å². The molecule has 308 valence electrons. The Morgan fingerprint density at radius 2 is 1.88 bits per heavy atom. The van der Waals surface area contributed by atoms with Crippen molar-refractivity contribution in [2.45, 2.75) is 152 Å². The molecule has 14 heteroatoms. The predicted octanol–water partition coefficient (Wildman–Crippen LogP) is 6.57. The largest absolute Gasteiger partial charge is 0.483 e. The lowest BCUT2D eigenvalue weighted by molar-refractivity contribution is -0.143. The van der Waals surface area contributed by atoms with E-state index in [-0.39, 0.29) is 38.4 Å². The number of likely N-dealkylation sites (tertiary alicyclic amines) is 1. The summed E-state index contributed by atoms with van der Waals surface area (Å²) in [6.07, 6.45) is 9.55. The number of allylic oxidation sites excluding steroid dienone is 1. The molecule has 2 fully saturated rings. The second kappa shape index (κ2) is 17.1. The highest BCUT2D eigenvalue weighted by Crippen LogP contribution is 2.45. The number of fused-ring (bicyclic) bond motifs is 3. The molecule has 1 saturated carbocycles. The molecule has 5 rings (SSSR count). The van der Waals surface area contributed by atoms with Gasteiger partial charge in [0.1, 0.15) is 22.9 Å². The Bertz CT molecular complexity index is 1940. The number of unbranched alkanes of at least 4 members (excludes halogenated alkanes) is 3. The minimum absolute atomic E-state index is 0.0253. The third-order valence-corrected chi connectivity index (χ3v) is 14.0. The standard InChI is InChI=1S/C42H60ClN5O7S/c1-9-12-13-14-15-16-33(44-27-54-39(5,6)7)37(50)48-26-41(21-19-30-31-24-29(43)17-18-32(31)45-28(4)35(30)55-41)25-34(48)36(49)46-42(11-3,20-10-2)38(51)47-56(52,53)40(8)22-23-40/h9-10,17-18,24,33-34,44H,1-2,11-16,19-23,25-27H2,3-8H3,(H,46,49)(H,47,51). The minimum Gasteiger partial charge on any atom is -0.483 e. The van der Waals surface area contributed by atoms with Crippen LogP contribution >= 0.6 is 11.6 Å². The van der Waals surface area contributed by atoms with E-state index in [1.807, 2.05) is 45.9 Å². The summed E-state index contributed by atoms with van der Waals surface area (Å²) < 4.78 is 40.5. The molecular formula is C42H60ClN5O7S. The second-order valence-corrected chi connectivity index (χ2v) is 19.7. The predicted molar refractivity (Wildman–Crippen MR) is 220 cm³/mol. The van der Waals surface area contributed by atoms with Crippen LogP contribution in [0.3, 0.4) is 0 Å². The Balaban J connectivity index is 1.50. The molecular weight excluding hydrogens is 754 g/mol. The number of ether oxygens (including phenoxy) is 2. The fourth-order valence-corrected chi connectivity index (χ4v) is 9.22. The zero-order valence-electron chi connectivity index (χ0n) is 33.9. The first kappa shape index (κ1) is 43.6. The molecule has 3 heterocycles. The fraction of sp³-hybridized carbons (Fsp3) is 0.619. The summed E-state index contributed by atoms with van der Waals surface area (Å²) in [7, 11) is -4.00. The molecule has 3 N–H and O–H groups in total. The van der Waals surface area contributed by atoms with E-state index < -0.39 is 55.4 Å². The van der Waals surface area contributed by atoms with Gasteiger partial charge < -0.3 is 19.7 Å². The molecule has 1 spiro atoms. The number of amides is 3. The average molecular weight is 814 g/mol. The van der Waals surface area contributed by atoms with Crippen LogP contribution in [0.1, 0.15) is 117 Å². The summed E-state index contributed by atoms with van der Waals surface area (Å²) in [6, 6.07) is 3.86. The number of halogens is 1. The SMILES string of the molecule is C=CCCCCCC(NCOC(C)(C)C)C(=O)N1CC2(CCc3c(c(C)nc4ccc(Cl)cc34)O2)CC1C(=O)NC(CC)(CC=C)C(=O)NS(=O)(=O)C1(C)CC1. The lowest BCUT2D eigenvalue weighted by Gasteiger charge is -2.37. The first-order valence-corrected chi connectivity index (χ1v) is 21.7. The molecule has 4 unspecified atom stereocenters. The van der Waals surface area contributed by atoms with Crippen LogP contribution < -0.4 is 20.1 Å². The molecule has 3 amide bonds. The number of sulfonamides is 1. The van der Waals surface area contributed by atoms with Gasteiger partial charge in [-0.3, -0.25) is 24.4 Å². The zero-order chi connectivity index (χ0) is 41.1. The molecule has 1 aromatic carbocycles. The normalized spacial score (nSPS) is 21.8. The molecule has 3 aliphatic rings. The van der Waals surface area contributed by atoms with Crippen LogP contribution in [0, 0.1) is 6.92 Å². The van der Waals surface area contributed by atoms with Crippen molar-refractivity contribution in [2.75, 3.05) is 13.3 Å². The van der Waals surface area contributed by atoms with Crippen molar-refractivity contribution >= 4 is 50.2 Å². The van der Waals surface area contributed by atoms with E-state index in [1.54, 1.807) is 24.8 Å². The summed E-state index contributed by atoms with van der Waals surface area (Å²) in [5.41, 5.74) is -0.560. The highest BCUT2D eigenvalue weighted by Gasteiger charge is 2.56. The summed E-state index contributed by atoms with van der Waals surface area (Å²) in [6.45, 7) is 18.9. The van der Waals surface area contributed by atoms with Crippen LogP contribution in [0.15, 0.2) is 43.5 Å². The summed E-state index contributed by atoms with van der Waals surface area (Å²) in [5.74, 6) is -1.07. The van der Waals surface area contributed by atoms with Gasteiger partial charge in [-0.25, -0.2) is 13.4 Å². The Kier molecular flexibility index (Phi) is 13.3. The van der Waals surface area contributed by atoms with Gasteiger partial charge in [0.25, 0.3) is 5.91 Å². The molecule has 1 aromatic heterocycles. The van der Waals surface area contributed by atoms with E-state index in [1.165, 1.54) is 6.08 Å². The number of pyridine rings is 1. The lowest BCUT2D eigenvalue weighted by atomic mass is 9.86. The van der Waals surface area contributed by atoms with Crippen molar-refractivity contribution in [3.8, 4) is 5.75 Å². The van der Waals surface area contributed by atoms with Crippen molar-refractivity contribution in [3.05, 3.63) is 59.8 Å². The molecule has 56 heavy (non-hydrogen) atoms. The van der Waals surface area contributed by atoms with Crippen molar-refractivity contribution in [2.24, 2.45) is 0 Å². The van der Waals surface area contributed by atoms with E-state index in [0.717, 1.165) is 42.1 Å². The molecule has 4 atom stereocenters. The van der Waals surface area contributed by atoms with Crippen LogP contribution in [0.25, 0.3) is 10.9 Å². The minimum atomic E-state index is -4.00. The van der Waals surface area contributed by atoms with Gasteiger partial charge in [-0.2, -0.15) is 0 Å². The van der Waals surface area contributed by atoms with E-state index in [0.29, 0.717) is 48.6 Å². The molecule has 12 nitrogen and oxygen atoms in total. The topological polar surface area (TPSA) is 156 Å². The number of hydrogen-bond acceptors (Lipinski definition) is 9. The first-order chi connectivity index (χ1) is 26.3. The number of hydrogen-bond donors (Lipinski definition) is 3. The van der Waals surface area contributed by atoms with E-state index in [2.05, 4.69) is 28.5 Å². The van der Waals surface area contributed by atoms with Crippen LogP contribution in [0.5, 0.6) is 5.75 Å². The van der Waals surface area contributed by atoms with Crippen molar-refractivity contribution in [1.29, 1.82) is 0 Å². The first-order valence-electron chi connectivity index (χ1n) is 19.9. The van der Waals surface area contributed by atoms with Crippen LogP contribution in [-0.4, -0.2) is 82.9 Å². The second-order valence-electron chi connectivity index (χ2n) is 17.0. The highest BCUT2D eigenvalue weighted by atomic mass is 35.5. The van der Waals surface area contributed by atoms with Crippen LogP contribution in [-0.2, 0) is 35.6 Å². The average Bonchev–Trinajstić information content (AvgIpc) is 3.80. The number of aromatic nitrogens is 1. The highest BCUT2D eigenvalue weighted by molar-refractivity contribution is 7.91. The number of rotatable bonds is 18. The zero-order valence-corrected chi connectivity index (χ0v) is 35.5. The monoisotopic (exact) mass is 813 g/mol. The van der Waals surface area contributed by atoms with Gasteiger partial charge in [-0.1, -0.05) is 43.5 Å². The Hall–Kier alpha value is -3.52. The lowest BCUT2D eigenvalue weighted by Crippen LogP contribution is -2.63. The third-order valence-electron chi connectivity index (χ3n) is 11.6. The van der Waals surface area contributed by atoms with Gasteiger partial charge in [0.05, 0.1) is 40.9 Å². The molecule has 1 aliphatic carbocycles. The smallest absolute Gasteiger partial charge is 0.259 e. The molecule has 2 aromatic rings. The fourth-order valence-electron chi connectivity index (χ4n) is 7.72. The van der Waals surface area contributed by atoms with Gasteiger partial charge >= 0.3 is 0 Å². The maximum absolute atomic E-state index is 14.8. The maximum Gasteiger partial charge on any atom is 0.259 e. The number of nitrogens with zero attached hydrogens (tertiary/aromatic N) is 2. The van der Waals surface area contributed by atoms with Gasteiger partial charge in [0.15, 0.2) is 0 Å². The number of nitrogens with one attached hydrogen (secondary N) is 3. The van der Waals surface area contributed by atoms with Gasteiger partial charge in [0.2, 0.25) is 21.8 Å². The molecule has 1 saturated heterocycles. The number of carbonyl (C=O) groups excluding carboxylic acids is 3. The summed E-state index contributed by atoms with van der Waals surface area (Å²) in [4.78, 5) is 49.9. The number of carbonyl (C=O) groups is 3. The van der Waals surface area contributed by atoms with E-state index in [4.69, 9.17) is 26.1 Å². The molecule has 0 radical (unpaired) electrons. The Morgan fingerprint density at radius 3 is 2.52 bits per heavy atom. The number of benzene rings is 1. The Labute approximate surface area is 337 Å². The maximum atomic E-state index is 14.8. The quantitative estimate of drug-likeness (QED) is 0.0862. The van der Waals surface area contributed by atoms with Crippen molar-refractivity contribution < 1.29 is 32.3 Å². The Morgan fingerprint density at radius 1 is 1.14 bits per heavy atom. The summed E-state index contributed by atoms with van der Waals surface area (Å²) in [5, 5.41) is 7.73. The summed E-state index contributed by atoms with van der Waals surface area (Å²) >= 11 is 6.41. The van der Waals surface area contributed by atoms with E-state index in [9.17, 15) is 22.8 Å². The number of aryl methyl sites for hydroxylation is 2. The van der Waals surface area contributed by atoms with Crippen LogP contribution in [0.2, 0.25) is 5.02 Å². The third kappa shape index (κ3) is 9.60. The van der Waals surface area contributed by atoms with E-state index >= 15 is 0 Å². The van der Waals surface area contributed by atoms with Gasteiger partial charge in [-0.05, 0) is 111 Å².